The molecule has 1 aromatic carbocycles. The maximum Gasteiger partial charge on any atom is 0.407 e. The molecule has 0 radical (unpaired) electrons. The Hall–Kier alpha value is -1.90. The number of aliphatic hydroxyl groups is 2. The van der Waals surface area contributed by atoms with Gasteiger partial charge in [0.25, 0.3) is 5.69 Å². The van der Waals surface area contributed by atoms with E-state index in [1.165, 1.54) is 12.1 Å². The molecule has 0 spiro atoms. The van der Waals surface area contributed by atoms with Gasteiger partial charge in [0.1, 0.15) is 17.8 Å². The summed E-state index contributed by atoms with van der Waals surface area (Å²) in [6, 6.07) is 3.51. The third-order valence-electron chi connectivity index (χ3n) is 2.73. The Morgan fingerprint density at radius 2 is 2.04 bits per heavy atom. The van der Waals surface area contributed by atoms with Crippen LogP contribution in [0, 0.1) is 10.1 Å². The average molecular weight is 347 g/mol. The molecule has 9 heteroatoms. The molecule has 0 aromatic heterocycles. The smallest absolute Gasteiger partial charge is 0.407 e. The van der Waals surface area contributed by atoms with Gasteiger partial charge in [0.2, 0.25) is 0 Å². The van der Waals surface area contributed by atoms with Crippen LogP contribution < -0.4 is 5.32 Å². The summed E-state index contributed by atoms with van der Waals surface area (Å²) in [5.41, 5.74) is -0.966. The minimum absolute atomic E-state index is 0.000597. The summed E-state index contributed by atoms with van der Waals surface area (Å²) in [4.78, 5) is 21.6. The number of benzene rings is 1. The number of aliphatic hydroxyl groups excluding tert-OH is 2. The highest BCUT2D eigenvalue weighted by Crippen LogP contribution is 2.29. The van der Waals surface area contributed by atoms with E-state index < -0.39 is 28.8 Å². The molecule has 0 aliphatic heterocycles. The Kier molecular flexibility index (Phi) is 6.31. The zero-order valence-electron chi connectivity index (χ0n) is 12.9. The Labute approximate surface area is 138 Å². The first-order valence-electron chi connectivity index (χ1n) is 6.78. The lowest BCUT2D eigenvalue weighted by Crippen LogP contribution is -2.38. The second-order valence-electron chi connectivity index (χ2n) is 5.86. The van der Waals surface area contributed by atoms with E-state index in [1.54, 1.807) is 20.8 Å². The van der Waals surface area contributed by atoms with Crippen LogP contribution in [0.2, 0.25) is 5.02 Å². The quantitative estimate of drug-likeness (QED) is 0.554. The standard InChI is InChI=1S/C14H19ClN2O6/c1-14(2,3)23-13(20)16-7-11(18)12(19)9-6-8(17(21)22)4-5-10(9)15/h4-6,11-12,18-19H,7H2,1-3H3,(H,16,20). The van der Waals surface area contributed by atoms with E-state index >= 15 is 0 Å². The highest BCUT2D eigenvalue weighted by atomic mass is 35.5. The fourth-order valence-corrected chi connectivity index (χ4v) is 1.92. The fraction of sp³-hybridized carbons (Fsp3) is 0.500. The molecule has 0 bridgehead atoms. The molecular formula is C14H19ClN2O6. The molecule has 0 heterocycles. The molecule has 8 nitrogen and oxygen atoms in total. The largest absolute Gasteiger partial charge is 0.444 e. The molecule has 2 atom stereocenters. The van der Waals surface area contributed by atoms with Gasteiger partial charge >= 0.3 is 6.09 Å². The lowest BCUT2D eigenvalue weighted by Gasteiger charge is -2.22. The lowest BCUT2D eigenvalue weighted by molar-refractivity contribution is -0.385. The van der Waals surface area contributed by atoms with E-state index in [0.717, 1.165) is 6.07 Å². The molecule has 0 aliphatic rings. The molecule has 0 saturated carbocycles. The van der Waals surface area contributed by atoms with Gasteiger partial charge in [-0.1, -0.05) is 11.6 Å². The monoisotopic (exact) mass is 346 g/mol. The zero-order chi connectivity index (χ0) is 17.8. The van der Waals surface area contributed by atoms with Crippen molar-refractivity contribution in [2.75, 3.05) is 6.54 Å². The zero-order valence-corrected chi connectivity index (χ0v) is 13.7. The van der Waals surface area contributed by atoms with Crippen LogP contribution in [0.25, 0.3) is 0 Å². The Bertz CT molecular complexity index is 587. The van der Waals surface area contributed by atoms with Gasteiger partial charge in [0.05, 0.1) is 4.92 Å². The van der Waals surface area contributed by atoms with Gasteiger partial charge in [-0.25, -0.2) is 4.79 Å². The van der Waals surface area contributed by atoms with Gasteiger partial charge in [-0.2, -0.15) is 0 Å². The summed E-state index contributed by atoms with van der Waals surface area (Å²) < 4.78 is 4.99. The van der Waals surface area contributed by atoms with Gasteiger partial charge in [-0.3, -0.25) is 10.1 Å². The number of halogens is 1. The summed E-state index contributed by atoms with van der Waals surface area (Å²) in [6.45, 7) is 4.73. The Morgan fingerprint density at radius 3 is 2.57 bits per heavy atom. The first-order valence-corrected chi connectivity index (χ1v) is 7.16. The maximum atomic E-state index is 11.5. The van der Waals surface area contributed by atoms with Gasteiger partial charge in [-0.05, 0) is 26.8 Å². The van der Waals surface area contributed by atoms with Crippen molar-refractivity contribution in [2.45, 2.75) is 38.6 Å². The van der Waals surface area contributed by atoms with Crippen molar-refractivity contribution >= 4 is 23.4 Å². The molecule has 1 aromatic rings. The molecule has 1 amide bonds. The molecule has 1 rings (SSSR count). The number of amides is 1. The van der Waals surface area contributed by atoms with Gasteiger partial charge in [0.15, 0.2) is 0 Å². The second kappa shape index (κ2) is 7.58. The SMILES string of the molecule is CC(C)(C)OC(=O)NCC(O)C(O)c1cc([N+](=O)[O-])ccc1Cl. The van der Waals surface area contributed by atoms with E-state index in [9.17, 15) is 25.1 Å². The Morgan fingerprint density at radius 1 is 1.43 bits per heavy atom. The van der Waals surface area contributed by atoms with Crippen LogP contribution in [0.5, 0.6) is 0 Å². The highest BCUT2D eigenvalue weighted by molar-refractivity contribution is 6.31. The summed E-state index contributed by atoms with van der Waals surface area (Å²) in [5, 5.41) is 33.1. The number of carbonyl (C=O) groups is 1. The van der Waals surface area contributed by atoms with Gasteiger partial charge in [0, 0.05) is 29.3 Å². The number of hydrogen-bond acceptors (Lipinski definition) is 6. The molecule has 128 valence electrons. The molecule has 0 fully saturated rings. The summed E-state index contributed by atoms with van der Waals surface area (Å²) in [5.74, 6) is 0. The van der Waals surface area contributed by atoms with Crippen molar-refractivity contribution in [3.05, 3.63) is 38.9 Å². The van der Waals surface area contributed by atoms with E-state index in [0.29, 0.717) is 0 Å². The predicted molar refractivity (Wildman–Crippen MR) is 83.3 cm³/mol. The number of non-ortho nitro benzene ring substituents is 1. The van der Waals surface area contributed by atoms with Gasteiger partial charge < -0.3 is 20.3 Å². The molecule has 0 saturated heterocycles. The molecule has 3 N–H and O–H groups in total. The molecule has 2 unspecified atom stereocenters. The van der Waals surface area contributed by atoms with Crippen molar-refractivity contribution in [3.8, 4) is 0 Å². The second-order valence-corrected chi connectivity index (χ2v) is 6.27. The average Bonchev–Trinajstić information content (AvgIpc) is 2.42. The van der Waals surface area contributed by atoms with E-state index in [-0.39, 0.29) is 22.8 Å². The molecule has 23 heavy (non-hydrogen) atoms. The van der Waals surface area contributed by atoms with Gasteiger partial charge in [-0.15, -0.1) is 0 Å². The highest BCUT2D eigenvalue weighted by Gasteiger charge is 2.24. The van der Waals surface area contributed by atoms with E-state index in [4.69, 9.17) is 16.3 Å². The fourth-order valence-electron chi connectivity index (χ4n) is 1.69. The first-order chi connectivity index (χ1) is 10.5. The van der Waals surface area contributed by atoms with Crippen LogP contribution in [-0.4, -0.2) is 39.5 Å². The molecular weight excluding hydrogens is 328 g/mol. The number of nitro groups is 1. The third-order valence-corrected chi connectivity index (χ3v) is 3.07. The van der Waals surface area contributed by atoms with E-state index in [1.807, 2.05) is 0 Å². The van der Waals surface area contributed by atoms with Crippen molar-refractivity contribution in [1.82, 2.24) is 5.32 Å². The third kappa shape index (κ3) is 6.01. The lowest BCUT2D eigenvalue weighted by atomic mass is 10.0. The number of nitrogens with zero attached hydrogens (tertiary/aromatic N) is 1. The number of hydrogen-bond donors (Lipinski definition) is 3. The summed E-state index contributed by atoms with van der Waals surface area (Å²) >= 11 is 5.88. The first kappa shape index (κ1) is 19.1. The van der Waals surface area contributed by atoms with Crippen molar-refractivity contribution in [1.29, 1.82) is 0 Å². The topological polar surface area (TPSA) is 122 Å². The van der Waals surface area contributed by atoms with Crippen LogP contribution in [0.3, 0.4) is 0 Å². The predicted octanol–water partition coefficient (Wildman–Crippen LogP) is 2.17. The normalized spacial score (nSPS) is 14.0. The number of nitro benzene ring substituents is 1. The van der Waals surface area contributed by atoms with Crippen LogP contribution >= 0.6 is 11.6 Å². The number of alkyl carbamates (subject to hydrolysis) is 1. The number of ether oxygens (including phenoxy) is 1. The van der Waals surface area contributed by atoms with Crippen molar-refractivity contribution in [2.24, 2.45) is 0 Å². The minimum Gasteiger partial charge on any atom is -0.444 e. The number of carbonyl (C=O) groups excluding carboxylic acids is 1. The van der Waals surface area contributed by atoms with Crippen LogP contribution in [-0.2, 0) is 4.74 Å². The Balaban J connectivity index is 2.73. The van der Waals surface area contributed by atoms with Crippen LogP contribution in [0.4, 0.5) is 10.5 Å². The number of nitrogens with one attached hydrogen (secondary N) is 1. The van der Waals surface area contributed by atoms with Crippen LogP contribution in [0.15, 0.2) is 18.2 Å². The minimum atomic E-state index is -1.50. The summed E-state index contributed by atoms with van der Waals surface area (Å²) in [6.07, 6.45) is -3.67. The van der Waals surface area contributed by atoms with Crippen molar-refractivity contribution in [3.63, 3.8) is 0 Å². The van der Waals surface area contributed by atoms with E-state index in [2.05, 4.69) is 5.32 Å². The maximum absolute atomic E-state index is 11.5. The summed E-state index contributed by atoms with van der Waals surface area (Å²) in [7, 11) is 0. The van der Waals surface area contributed by atoms with Crippen molar-refractivity contribution < 1.29 is 24.7 Å². The number of rotatable bonds is 5. The molecule has 0 aliphatic carbocycles. The van der Waals surface area contributed by atoms with Crippen LogP contribution in [0.1, 0.15) is 32.4 Å².